The SMILES string of the molecule is CCCCCC(N)[Si](C)(OC)OC. The lowest BCUT2D eigenvalue weighted by atomic mass is 10.2. The highest BCUT2D eigenvalue weighted by atomic mass is 28.4. The molecule has 0 rings (SSSR count). The molecule has 0 aromatic rings. The Morgan fingerprint density at radius 3 is 2.15 bits per heavy atom. The van der Waals surface area contributed by atoms with Gasteiger partial charge in [0.1, 0.15) is 0 Å². The van der Waals surface area contributed by atoms with Crippen LogP contribution in [-0.4, -0.2) is 28.4 Å². The first-order chi connectivity index (χ1) is 6.10. The van der Waals surface area contributed by atoms with Crippen molar-refractivity contribution in [2.75, 3.05) is 14.2 Å². The summed E-state index contributed by atoms with van der Waals surface area (Å²) in [6, 6.07) is 0. The molecule has 0 saturated heterocycles. The van der Waals surface area contributed by atoms with Crippen molar-refractivity contribution in [1.82, 2.24) is 0 Å². The van der Waals surface area contributed by atoms with Crippen LogP contribution in [0, 0.1) is 0 Å². The Kier molecular flexibility index (Phi) is 6.58. The van der Waals surface area contributed by atoms with Crippen LogP contribution >= 0.6 is 0 Å². The molecule has 0 heterocycles. The molecule has 2 N–H and O–H groups in total. The summed E-state index contributed by atoms with van der Waals surface area (Å²) in [5.41, 5.74) is 6.12. The molecule has 1 atom stereocenters. The Labute approximate surface area is 82.9 Å². The van der Waals surface area contributed by atoms with Crippen LogP contribution in [0.4, 0.5) is 0 Å². The van der Waals surface area contributed by atoms with Crippen LogP contribution in [0.2, 0.25) is 6.55 Å². The standard InChI is InChI=1S/C9H23NO2Si/c1-5-6-7-8-9(10)13(4,11-2)12-3/h9H,5-8,10H2,1-4H3. The first kappa shape index (κ1) is 13.1. The van der Waals surface area contributed by atoms with E-state index in [4.69, 9.17) is 14.6 Å². The second-order valence-corrected chi connectivity index (χ2v) is 7.12. The Morgan fingerprint density at radius 1 is 1.23 bits per heavy atom. The molecule has 0 aromatic heterocycles. The molecule has 0 aliphatic rings. The van der Waals surface area contributed by atoms with Gasteiger partial charge < -0.3 is 14.6 Å². The molecule has 0 aliphatic carbocycles. The maximum atomic E-state index is 6.03. The summed E-state index contributed by atoms with van der Waals surface area (Å²) in [6.45, 7) is 4.21. The van der Waals surface area contributed by atoms with Crippen LogP contribution in [0.3, 0.4) is 0 Å². The number of rotatable bonds is 7. The molecule has 3 nitrogen and oxygen atoms in total. The Morgan fingerprint density at radius 2 is 1.77 bits per heavy atom. The van der Waals surface area contributed by atoms with E-state index in [1.807, 2.05) is 6.55 Å². The summed E-state index contributed by atoms with van der Waals surface area (Å²) in [7, 11) is 1.31. The number of hydrogen-bond donors (Lipinski definition) is 1. The second-order valence-electron chi connectivity index (χ2n) is 3.53. The maximum Gasteiger partial charge on any atom is 0.351 e. The van der Waals surface area contributed by atoms with E-state index in [9.17, 15) is 0 Å². The topological polar surface area (TPSA) is 44.5 Å². The van der Waals surface area contributed by atoms with Gasteiger partial charge in [0.15, 0.2) is 0 Å². The van der Waals surface area contributed by atoms with Crippen molar-refractivity contribution >= 4 is 8.56 Å². The molecule has 0 bridgehead atoms. The van der Waals surface area contributed by atoms with Crippen LogP contribution in [-0.2, 0) is 8.85 Å². The summed E-state index contributed by atoms with van der Waals surface area (Å²) in [6.07, 6.45) is 4.65. The zero-order valence-electron chi connectivity index (χ0n) is 9.30. The predicted molar refractivity (Wildman–Crippen MR) is 57.8 cm³/mol. The third-order valence-electron chi connectivity index (χ3n) is 2.60. The lowest BCUT2D eigenvalue weighted by molar-refractivity contribution is 0.235. The fourth-order valence-electron chi connectivity index (χ4n) is 1.26. The van der Waals surface area contributed by atoms with Gasteiger partial charge in [0.05, 0.1) is 0 Å². The molecule has 80 valence electrons. The molecular weight excluding hydrogens is 182 g/mol. The van der Waals surface area contributed by atoms with E-state index in [1.54, 1.807) is 14.2 Å². The normalized spacial score (nSPS) is 14.5. The molecule has 0 amide bonds. The average molecular weight is 205 g/mol. The first-order valence-electron chi connectivity index (χ1n) is 4.96. The highest BCUT2D eigenvalue weighted by molar-refractivity contribution is 6.67. The summed E-state index contributed by atoms with van der Waals surface area (Å²) < 4.78 is 10.7. The van der Waals surface area contributed by atoms with Gasteiger partial charge in [-0.3, -0.25) is 0 Å². The van der Waals surface area contributed by atoms with Crippen molar-refractivity contribution in [3.05, 3.63) is 0 Å². The maximum absolute atomic E-state index is 6.03. The van der Waals surface area contributed by atoms with E-state index in [1.165, 1.54) is 19.3 Å². The van der Waals surface area contributed by atoms with Crippen molar-refractivity contribution < 1.29 is 8.85 Å². The quantitative estimate of drug-likeness (QED) is 0.509. The lowest BCUT2D eigenvalue weighted by Gasteiger charge is -2.29. The number of unbranched alkanes of at least 4 members (excludes halogenated alkanes) is 2. The van der Waals surface area contributed by atoms with Gasteiger partial charge in [-0.05, 0) is 13.0 Å². The van der Waals surface area contributed by atoms with E-state index in [2.05, 4.69) is 6.92 Å². The van der Waals surface area contributed by atoms with Gasteiger partial charge in [-0.25, -0.2) is 0 Å². The first-order valence-corrected chi connectivity index (χ1v) is 7.36. The molecule has 4 heteroatoms. The van der Waals surface area contributed by atoms with Crippen LogP contribution in [0.25, 0.3) is 0 Å². The number of nitrogens with two attached hydrogens (primary N) is 1. The molecule has 0 aliphatic heterocycles. The van der Waals surface area contributed by atoms with Crippen molar-refractivity contribution in [2.45, 2.75) is 44.8 Å². The van der Waals surface area contributed by atoms with E-state index >= 15 is 0 Å². The number of hydrogen-bond acceptors (Lipinski definition) is 3. The highest BCUT2D eigenvalue weighted by Gasteiger charge is 2.36. The minimum Gasteiger partial charge on any atom is -0.397 e. The summed E-state index contributed by atoms with van der Waals surface area (Å²) in [4.78, 5) is 0. The van der Waals surface area contributed by atoms with Gasteiger partial charge in [0.25, 0.3) is 0 Å². The largest absolute Gasteiger partial charge is 0.397 e. The van der Waals surface area contributed by atoms with Gasteiger partial charge in [-0.2, -0.15) is 0 Å². The smallest absolute Gasteiger partial charge is 0.351 e. The second kappa shape index (κ2) is 6.54. The monoisotopic (exact) mass is 205 g/mol. The van der Waals surface area contributed by atoms with Gasteiger partial charge >= 0.3 is 8.56 Å². The third-order valence-corrected chi connectivity index (χ3v) is 5.86. The minimum atomic E-state index is -2.07. The Hall–Kier alpha value is 0.0969. The summed E-state index contributed by atoms with van der Waals surface area (Å²) in [5.74, 6) is 0. The molecule has 0 saturated carbocycles. The third kappa shape index (κ3) is 4.22. The lowest BCUT2D eigenvalue weighted by Crippen LogP contribution is -2.54. The summed E-state index contributed by atoms with van der Waals surface area (Å²) in [5, 5.41) is 0. The van der Waals surface area contributed by atoms with Gasteiger partial charge in [0, 0.05) is 19.9 Å². The molecule has 0 aromatic carbocycles. The average Bonchev–Trinajstić information content (AvgIpc) is 2.17. The summed E-state index contributed by atoms with van der Waals surface area (Å²) >= 11 is 0. The fraction of sp³-hybridized carbons (Fsp3) is 1.00. The Bertz CT molecular complexity index is 129. The van der Waals surface area contributed by atoms with Gasteiger partial charge in [-0.15, -0.1) is 0 Å². The molecular formula is C9H23NO2Si. The molecule has 1 unspecified atom stereocenters. The zero-order chi connectivity index (χ0) is 10.3. The van der Waals surface area contributed by atoms with Crippen molar-refractivity contribution in [2.24, 2.45) is 5.73 Å². The van der Waals surface area contributed by atoms with Gasteiger partial charge in [-0.1, -0.05) is 26.2 Å². The predicted octanol–water partition coefficient (Wildman–Crippen LogP) is 1.80. The van der Waals surface area contributed by atoms with E-state index < -0.39 is 8.56 Å². The highest BCUT2D eigenvalue weighted by Crippen LogP contribution is 2.14. The Balaban J connectivity index is 3.84. The van der Waals surface area contributed by atoms with Crippen molar-refractivity contribution in [1.29, 1.82) is 0 Å². The van der Waals surface area contributed by atoms with E-state index in [0.29, 0.717) is 0 Å². The van der Waals surface area contributed by atoms with Crippen LogP contribution < -0.4 is 5.73 Å². The zero-order valence-corrected chi connectivity index (χ0v) is 10.3. The molecule has 0 radical (unpaired) electrons. The van der Waals surface area contributed by atoms with Crippen LogP contribution in [0.15, 0.2) is 0 Å². The van der Waals surface area contributed by atoms with Crippen molar-refractivity contribution in [3.63, 3.8) is 0 Å². The van der Waals surface area contributed by atoms with Crippen molar-refractivity contribution in [3.8, 4) is 0 Å². The molecule has 0 fully saturated rings. The van der Waals surface area contributed by atoms with Gasteiger partial charge in [0.2, 0.25) is 0 Å². The minimum absolute atomic E-state index is 0.0917. The van der Waals surface area contributed by atoms with Crippen LogP contribution in [0.1, 0.15) is 32.6 Å². The molecule has 0 spiro atoms. The van der Waals surface area contributed by atoms with E-state index in [0.717, 1.165) is 6.42 Å². The van der Waals surface area contributed by atoms with Crippen LogP contribution in [0.5, 0.6) is 0 Å². The molecule has 13 heavy (non-hydrogen) atoms. The van der Waals surface area contributed by atoms with E-state index in [-0.39, 0.29) is 5.67 Å². The fourth-order valence-corrected chi connectivity index (χ4v) is 2.76.